The molecule has 0 aliphatic rings. The quantitative estimate of drug-likeness (QED) is 0.776. The first-order chi connectivity index (χ1) is 9.56. The molecule has 0 fully saturated rings. The van der Waals surface area contributed by atoms with Crippen LogP contribution in [0.15, 0.2) is 46.7 Å². The smallest absolute Gasteiger partial charge is 0.257 e. The third kappa shape index (κ3) is 2.32. The summed E-state index contributed by atoms with van der Waals surface area (Å²) in [4.78, 5) is 19.3. The minimum absolute atomic E-state index is 0.0828. The Hall–Kier alpha value is -2.14. The van der Waals surface area contributed by atoms with E-state index in [1.165, 1.54) is 0 Å². The number of thiazole rings is 1. The van der Waals surface area contributed by atoms with Crippen molar-refractivity contribution in [1.29, 1.82) is 0 Å². The van der Waals surface area contributed by atoms with Gasteiger partial charge >= 0.3 is 0 Å². The van der Waals surface area contributed by atoms with Crippen LogP contribution in [0.2, 0.25) is 0 Å². The van der Waals surface area contributed by atoms with Crippen LogP contribution in [0.25, 0.3) is 10.8 Å². The fraction of sp³-hybridized carbons (Fsp3) is 0.200. The Balaban J connectivity index is 2.01. The molecule has 3 aromatic rings. The Kier molecular flexibility index (Phi) is 3.06. The van der Waals surface area contributed by atoms with Crippen LogP contribution >= 0.6 is 11.3 Å². The number of H-pyrrole nitrogens is 1. The van der Waals surface area contributed by atoms with Crippen LogP contribution in [0, 0.1) is 0 Å². The predicted octanol–water partition coefficient (Wildman–Crippen LogP) is 3.33. The number of hydrogen-bond acceptors (Lipinski definition) is 4. The number of anilines is 1. The fourth-order valence-corrected chi connectivity index (χ4v) is 2.92. The molecule has 0 saturated heterocycles. The molecule has 0 unspecified atom stereocenters. The molecule has 0 amide bonds. The van der Waals surface area contributed by atoms with Gasteiger partial charge in [0.05, 0.1) is 5.54 Å². The first-order valence-corrected chi connectivity index (χ1v) is 7.24. The number of hydrogen-bond donors (Lipinski definition) is 2. The summed E-state index contributed by atoms with van der Waals surface area (Å²) < 4.78 is 0. The van der Waals surface area contributed by atoms with E-state index in [0.717, 1.165) is 10.4 Å². The average molecular weight is 285 g/mol. The van der Waals surface area contributed by atoms with Gasteiger partial charge in [0.25, 0.3) is 5.56 Å². The third-order valence-corrected chi connectivity index (χ3v) is 4.26. The highest BCUT2D eigenvalue weighted by atomic mass is 32.1. The minimum Gasteiger partial charge on any atom is -0.360 e. The van der Waals surface area contributed by atoms with Gasteiger partial charge in [-0.2, -0.15) is 0 Å². The van der Waals surface area contributed by atoms with Crippen molar-refractivity contribution in [1.82, 2.24) is 9.97 Å². The van der Waals surface area contributed by atoms with E-state index in [4.69, 9.17) is 0 Å². The molecule has 0 bridgehead atoms. The van der Waals surface area contributed by atoms with Gasteiger partial charge in [0.1, 0.15) is 10.8 Å². The average Bonchev–Trinajstić information content (AvgIpc) is 2.93. The highest BCUT2D eigenvalue weighted by Crippen LogP contribution is 2.26. The Morgan fingerprint density at radius 2 is 2.10 bits per heavy atom. The van der Waals surface area contributed by atoms with Crippen LogP contribution in [0.4, 0.5) is 5.82 Å². The molecule has 1 aromatic carbocycles. The molecule has 0 spiro atoms. The molecular formula is C15H15N3OS. The summed E-state index contributed by atoms with van der Waals surface area (Å²) in [5.74, 6) is 0.703. The van der Waals surface area contributed by atoms with Crippen LogP contribution in [0.5, 0.6) is 0 Å². The molecule has 4 nitrogen and oxygen atoms in total. The highest BCUT2D eigenvalue weighted by Gasteiger charge is 2.23. The number of nitrogens with one attached hydrogen (secondary N) is 2. The van der Waals surface area contributed by atoms with E-state index in [-0.39, 0.29) is 11.1 Å². The molecule has 0 radical (unpaired) electrons. The van der Waals surface area contributed by atoms with E-state index >= 15 is 0 Å². The maximum absolute atomic E-state index is 12.1. The monoisotopic (exact) mass is 285 g/mol. The molecule has 20 heavy (non-hydrogen) atoms. The van der Waals surface area contributed by atoms with E-state index in [9.17, 15) is 4.79 Å². The Bertz CT molecular complexity index is 790. The van der Waals surface area contributed by atoms with Crippen molar-refractivity contribution >= 4 is 27.9 Å². The Labute approximate surface area is 120 Å². The van der Waals surface area contributed by atoms with Crippen molar-refractivity contribution in [2.24, 2.45) is 0 Å². The second-order valence-electron chi connectivity index (χ2n) is 5.19. The topological polar surface area (TPSA) is 57.8 Å². The Morgan fingerprint density at radius 1 is 1.30 bits per heavy atom. The summed E-state index contributed by atoms with van der Waals surface area (Å²) in [7, 11) is 0. The van der Waals surface area contributed by atoms with E-state index in [2.05, 4.69) is 15.3 Å². The van der Waals surface area contributed by atoms with Gasteiger partial charge in [-0.05, 0) is 31.4 Å². The van der Waals surface area contributed by atoms with Gasteiger partial charge in [0, 0.05) is 17.0 Å². The van der Waals surface area contributed by atoms with E-state index in [1.807, 2.05) is 49.6 Å². The summed E-state index contributed by atoms with van der Waals surface area (Å²) in [5, 5.41) is 7.89. The van der Waals surface area contributed by atoms with Gasteiger partial charge < -0.3 is 10.3 Å². The number of nitrogens with zero attached hydrogens (tertiary/aromatic N) is 1. The van der Waals surface area contributed by atoms with Gasteiger partial charge in [-0.15, -0.1) is 11.3 Å². The molecule has 0 aliphatic carbocycles. The van der Waals surface area contributed by atoms with Gasteiger partial charge in [0.2, 0.25) is 0 Å². The maximum Gasteiger partial charge on any atom is 0.257 e. The molecule has 0 aliphatic heterocycles. The van der Waals surface area contributed by atoms with Crippen molar-refractivity contribution in [3.05, 3.63) is 57.3 Å². The van der Waals surface area contributed by atoms with Crippen molar-refractivity contribution in [3.8, 4) is 0 Å². The predicted molar refractivity (Wildman–Crippen MR) is 83.3 cm³/mol. The minimum atomic E-state index is -0.334. The lowest BCUT2D eigenvalue weighted by molar-refractivity contribution is 0.601. The van der Waals surface area contributed by atoms with Crippen LogP contribution in [-0.4, -0.2) is 9.97 Å². The normalized spacial score (nSPS) is 11.7. The number of aromatic amines is 1. The molecule has 102 valence electrons. The lowest BCUT2D eigenvalue weighted by Gasteiger charge is -2.25. The van der Waals surface area contributed by atoms with Gasteiger partial charge in [-0.3, -0.25) is 4.79 Å². The first-order valence-electron chi connectivity index (χ1n) is 6.36. The molecule has 3 rings (SSSR count). The lowest BCUT2D eigenvalue weighted by Crippen LogP contribution is -2.29. The molecule has 0 saturated carbocycles. The largest absolute Gasteiger partial charge is 0.360 e. The zero-order chi connectivity index (χ0) is 14.2. The van der Waals surface area contributed by atoms with Gasteiger partial charge in [-0.1, -0.05) is 18.2 Å². The third-order valence-electron chi connectivity index (χ3n) is 3.17. The summed E-state index contributed by atoms with van der Waals surface area (Å²) in [6.07, 6.45) is 1.78. The second kappa shape index (κ2) is 4.76. The zero-order valence-corrected chi connectivity index (χ0v) is 12.1. The maximum atomic E-state index is 12.1. The molecular weight excluding hydrogens is 270 g/mol. The van der Waals surface area contributed by atoms with Crippen LogP contribution in [0.3, 0.4) is 0 Å². The summed E-state index contributed by atoms with van der Waals surface area (Å²) in [6, 6.07) is 9.50. The fourth-order valence-electron chi connectivity index (χ4n) is 2.20. The highest BCUT2D eigenvalue weighted by molar-refractivity contribution is 7.09. The van der Waals surface area contributed by atoms with Gasteiger partial charge in [-0.25, -0.2) is 4.98 Å². The molecule has 0 atom stereocenters. The summed E-state index contributed by atoms with van der Waals surface area (Å²) >= 11 is 1.59. The lowest BCUT2D eigenvalue weighted by atomic mass is 10.1. The zero-order valence-electron chi connectivity index (χ0n) is 11.3. The van der Waals surface area contributed by atoms with Crippen LogP contribution in [0.1, 0.15) is 18.9 Å². The standard InChI is InChI=1S/C15H15N3OS/c1-15(2,14-16-7-8-20-14)18-12-9-10-5-3-4-6-11(10)13(19)17-12/h3-9H,1-2H3,(H2,17,18,19). The summed E-state index contributed by atoms with van der Waals surface area (Å²) in [5.41, 5.74) is -0.417. The van der Waals surface area contributed by atoms with E-state index < -0.39 is 0 Å². The summed E-state index contributed by atoms with van der Waals surface area (Å²) in [6.45, 7) is 4.08. The van der Waals surface area contributed by atoms with Crippen molar-refractivity contribution in [2.75, 3.05) is 5.32 Å². The first kappa shape index (κ1) is 12.9. The second-order valence-corrected chi connectivity index (χ2v) is 6.08. The number of pyridine rings is 1. The number of aromatic nitrogens is 2. The van der Waals surface area contributed by atoms with Gasteiger partial charge in [0.15, 0.2) is 0 Å². The van der Waals surface area contributed by atoms with Crippen LogP contribution < -0.4 is 10.9 Å². The van der Waals surface area contributed by atoms with E-state index in [0.29, 0.717) is 11.2 Å². The van der Waals surface area contributed by atoms with Crippen molar-refractivity contribution in [2.45, 2.75) is 19.4 Å². The Morgan fingerprint density at radius 3 is 2.85 bits per heavy atom. The molecule has 2 N–H and O–H groups in total. The van der Waals surface area contributed by atoms with Crippen molar-refractivity contribution in [3.63, 3.8) is 0 Å². The number of rotatable bonds is 3. The molecule has 2 aromatic heterocycles. The van der Waals surface area contributed by atoms with Crippen LogP contribution in [-0.2, 0) is 5.54 Å². The van der Waals surface area contributed by atoms with E-state index in [1.54, 1.807) is 17.5 Å². The number of benzene rings is 1. The molecule has 2 heterocycles. The molecule has 5 heteroatoms. The SMILES string of the molecule is CC(C)(Nc1cc2ccccc2c(=O)[nH]1)c1nccs1. The number of fused-ring (bicyclic) bond motifs is 1. The van der Waals surface area contributed by atoms with Crippen molar-refractivity contribution < 1.29 is 0 Å².